The van der Waals surface area contributed by atoms with Crippen molar-refractivity contribution in [1.82, 2.24) is 4.90 Å². The third kappa shape index (κ3) is 3.98. The molecule has 1 amide bonds. The van der Waals surface area contributed by atoms with Crippen LogP contribution < -0.4 is 0 Å². The molecular weight excluding hydrogens is 214 g/mol. The van der Waals surface area contributed by atoms with Gasteiger partial charge in [0.2, 0.25) is 5.91 Å². The van der Waals surface area contributed by atoms with Crippen LogP contribution in [0, 0.1) is 17.8 Å². The van der Waals surface area contributed by atoms with E-state index in [0.717, 1.165) is 24.9 Å². The molecule has 0 bridgehead atoms. The smallest absolute Gasteiger partial charge is 0.224 e. The molecule has 3 heteroatoms. The molecule has 3 nitrogen and oxygen atoms in total. The average molecular weight is 241 g/mol. The molecule has 2 atom stereocenters. The molecule has 17 heavy (non-hydrogen) atoms. The van der Waals surface area contributed by atoms with E-state index in [2.05, 4.69) is 20.8 Å². The van der Waals surface area contributed by atoms with Crippen molar-refractivity contribution in [2.45, 2.75) is 40.0 Å². The molecule has 2 unspecified atom stereocenters. The lowest BCUT2D eigenvalue weighted by Crippen LogP contribution is -2.31. The van der Waals surface area contributed by atoms with Gasteiger partial charge in [0.05, 0.1) is 13.0 Å². The molecule has 0 saturated carbocycles. The van der Waals surface area contributed by atoms with E-state index < -0.39 is 0 Å². The Hall–Kier alpha value is -0.570. The molecule has 0 aromatic carbocycles. The van der Waals surface area contributed by atoms with Crippen molar-refractivity contribution in [2.24, 2.45) is 17.8 Å². The van der Waals surface area contributed by atoms with E-state index in [-0.39, 0.29) is 5.91 Å². The van der Waals surface area contributed by atoms with Crippen LogP contribution in [0.25, 0.3) is 0 Å². The molecular formula is C14H27NO2. The summed E-state index contributed by atoms with van der Waals surface area (Å²) in [5.41, 5.74) is 0. The van der Waals surface area contributed by atoms with Gasteiger partial charge in [-0.2, -0.15) is 0 Å². The minimum Gasteiger partial charge on any atom is -0.384 e. The van der Waals surface area contributed by atoms with Crippen molar-refractivity contribution in [3.8, 4) is 0 Å². The Kier molecular flexibility index (Phi) is 5.96. The summed E-state index contributed by atoms with van der Waals surface area (Å²) in [4.78, 5) is 13.9. The van der Waals surface area contributed by atoms with E-state index in [9.17, 15) is 4.79 Å². The quantitative estimate of drug-likeness (QED) is 0.715. The largest absolute Gasteiger partial charge is 0.384 e. The zero-order valence-electron chi connectivity index (χ0n) is 11.7. The number of hydrogen-bond donors (Lipinski definition) is 0. The molecule has 0 spiro atoms. The third-order valence-corrected chi connectivity index (χ3v) is 4.03. The molecule has 1 saturated heterocycles. The number of amides is 1. The summed E-state index contributed by atoms with van der Waals surface area (Å²) in [6, 6.07) is 0. The SMILES string of the molecule is CCC(C(C)C)C1CCN(C(=O)CCOC)C1. The number of hydrogen-bond acceptors (Lipinski definition) is 2. The highest BCUT2D eigenvalue weighted by Crippen LogP contribution is 2.31. The lowest BCUT2D eigenvalue weighted by Gasteiger charge is -2.26. The number of rotatable bonds is 6. The fourth-order valence-corrected chi connectivity index (χ4v) is 3.06. The summed E-state index contributed by atoms with van der Waals surface area (Å²) >= 11 is 0. The molecule has 0 radical (unpaired) electrons. The molecule has 1 aliphatic rings. The topological polar surface area (TPSA) is 29.5 Å². The Labute approximate surface area is 106 Å². The van der Waals surface area contributed by atoms with Gasteiger partial charge in [-0.15, -0.1) is 0 Å². The molecule has 0 aromatic heterocycles. The van der Waals surface area contributed by atoms with E-state index >= 15 is 0 Å². The van der Waals surface area contributed by atoms with Gasteiger partial charge in [0, 0.05) is 20.2 Å². The monoisotopic (exact) mass is 241 g/mol. The van der Waals surface area contributed by atoms with Crippen LogP contribution in [0.1, 0.15) is 40.0 Å². The summed E-state index contributed by atoms with van der Waals surface area (Å²) in [5, 5.41) is 0. The van der Waals surface area contributed by atoms with Crippen LogP contribution in [0.5, 0.6) is 0 Å². The second-order valence-electron chi connectivity index (χ2n) is 5.45. The Morgan fingerprint density at radius 1 is 1.47 bits per heavy atom. The first kappa shape index (κ1) is 14.5. The first-order valence-corrected chi connectivity index (χ1v) is 6.86. The van der Waals surface area contributed by atoms with Crippen LogP contribution in [-0.2, 0) is 9.53 Å². The Balaban J connectivity index is 2.43. The molecule has 1 rings (SSSR count). The first-order chi connectivity index (χ1) is 8.10. The lowest BCUT2D eigenvalue weighted by atomic mass is 9.81. The van der Waals surface area contributed by atoms with Crippen molar-refractivity contribution >= 4 is 5.91 Å². The number of carbonyl (C=O) groups is 1. The predicted octanol–water partition coefficient (Wildman–Crippen LogP) is 2.55. The molecule has 1 fully saturated rings. The standard InChI is InChI=1S/C14H27NO2/c1-5-13(11(2)3)12-6-8-15(10-12)14(16)7-9-17-4/h11-13H,5-10H2,1-4H3. The summed E-state index contributed by atoms with van der Waals surface area (Å²) < 4.78 is 4.96. The normalized spacial score (nSPS) is 22.2. The van der Waals surface area contributed by atoms with Gasteiger partial charge in [-0.3, -0.25) is 4.79 Å². The van der Waals surface area contributed by atoms with Gasteiger partial charge in [0.15, 0.2) is 0 Å². The van der Waals surface area contributed by atoms with Crippen molar-refractivity contribution in [3.05, 3.63) is 0 Å². The maximum Gasteiger partial charge on any atom is 0.224 e. The molecule has 1 aliphatic heterocycles. The second kappa shape index (κ2) is 7.00. The number of carbonyl (C=O) groups excluding carboxylic acids is 1. The second-order valence-corrected chi connectivity index (χ2v) is 5.45. The van der Waals surface area contributed by atoms with Gasteiger partial charge >= 0.3 is 0 Å². The number of ether oxygens (including phenoxy) is 1. The average Bonchev–Trinajstić information content (AvgIpc) is 2.75. The fourth-order valence-electron chi connectivity index (χ4n) is 3.06. The van der Waals surface area contributed by atoms with E-state index in [1.165, 1.54) is 12.8 Å². The summed E-state index contributed by atoms with van der Waals surface area (Å²) in [6.45, 7) is 9.30. The van der Waals surface area contributed by atoms with Crippen LogP contribution in [0.4, 0.5) is 0 Å². The van der Waals surface area contributed by atoms with E-state index in [0.29, 0.717) is 18.9 Å². The van der Waals surface area contributed by atoms with Gasteiger partial charge in [0.25, 0.3) is 0 Å². The van der Waals surface area contributed by atoms with Gasteiger partial charge in [-0.05, 0) is 24.2 Å². The van der Waals surface area contributed by atoms with Gasteiger partial charge in [0.1, 0.15) is 0 Å². The minimum absolute atomic E-state index is 0.257. The molecule has 0 N–H and O–H groups in total. The predicted molar refractivity (Wildman–Crippen MR) is 69.8 cm³/mol. The Morgan fingerprint density at radius 2 is 2.18 bits per heavy atom. The van der Waals surface area contributed by atoms with Gasteiger partial charge in [-0.1, -0.05) is 27.2 Å². The van der Waals surface area contributed by atoms with Crippen LogP contribution in [0.15, 0.2) is 0 Å². The van der Waals surface area contributed by atoms with E-state index in [4.69, 9.17) is 4.74 Å². The first-order valence-electron chi connectivity index (χ1n) is 6.86. The zero-order chi connectivity index (χ0) is 12.8. The van der Waals surface area contributed by atoms with Crippen LogP contribution in [0.2, 0.25) is 0 Å². The van der Waals surface area contributed by atoms with Crippen molar-refractivity contribution < 1.29 is 9.53 Å². The number of likely N-dealkylation sites (tertiary alicyclic amines) is 1. The van der Waals surface area contributed by atoms with Gasteiger partial charge in [-0.25, -0.2) is 0 Å². The van der Waals surface area contributed by atoms with Gasteiger partial charge < -0.3 is 9.64 Å². The Bertz CT molecular complexity index is 240. The minimum atomic E-state index is 0.257. The molecule has 0 aliphatic carbocycles. The highest BCUT2D eigenvalue weighted by atomic mass is 16.5. The maximum absolute atomic E-state index is 11.9. The summed E-state index contributed by atoms with van der Waals surface area (Å²) in [5.74, 6) is 2.44. The van der Waals surface area contributed by atoms with Crippen molar-refractivity contribution in [2.75, 3.05) is 26.8 Å². The maximum atomic E-state index is 11.9. The molecule has 0 aromatic rings. The third-order valence-electron chi connectivity index (χ3n) is 4.03. The summed E-state index contributed by atoms with van der Waals surface area (Å²) in [6.07, 6.45) is 2.93. The number of nitrogens with zero attached hydrogens (tertiary/aromatic N) is 1. The van der Waals surface area contributed by atoms with Crippen molar-refractivity contribution in [1.29, 1.82) is 0 Å². The van der Waals surface area contributed by atoms with Crippen molar-refractivity contribution in [3.63, 3.8) is 0 Å². The van der Waals surface area contributed by atoms with Crippen LogP contribution in [-0.4, -0.2) is 37.6 Å². The lowest BCUT2D eigenvalue weighted by molar-refractivity contribution is -0.131. The zero-order valence-corrected chi connectivity index (χ0v) is 11.7. The van der Waals surface area contributed by atoms with E-state index in [1.54, 1.807) is 7.11 Å². The Morgan fingerprint density at radius 3 is 2.71 bits per heavy atom. The van der Waals surface area contributed by atoms with Crippen LogP contribution in [0.3, 0.4) is 0 Å². The molecule has 100 valence electrons. The van der Waals surface area contributed by atoms with E-state index in [1.807, 2.05) is 4.90 Å². The number of methoxy groups -OCH3 is 1. The molecule has 1 heterocycles. The fraction of sp³-hybridized carbons (Fsp3) is 0.929. The van der Waals surface area contributed by atoms with Crippen LogP contribution >= 0.6 is 0 Å². The highest BCUT2D eigenvalue weighted by molar-refractivity contribution is 5.76. The summed E-state index contributed by atoms with van der Waals surface area (Å²) in [7, 11) is 1.64. The highest BCUT2D eigenvalue weighted by Gasteiger charge is 2.31.